The minimum atomic E-state index is -5.92. The molecule has 1 fully saturated rings. The Morgan fingerprint density at radius 1 is 0.932 bits per heavy atom. The first kappa shape index (κ1) is 32.7. The summed E-state index contributed by atoms with van der Waals surface area (Å²) in [5, 5.41) is 9.31. The van der Waals surface area contributed by atoms with Crippen molar-refractivity contribution >= 4 is 27.6 Å². The van der Waals surface area contributed by atoms with Crippen molar-refractivity contribution in [2.45, 2.75) is 36.6 Å². The van der Waals surface area contributed by atoms with Gasteiger partial charge in [-0.05, 0) is 42.7 Å². The van der Waals surface area contributed by atoms with Gasteiger partial charge in [-0.25, -0.2) is 35.2 Å². The number of sulfonamides is 1. The number of carbonyl (C=O) groups is 2. The van der Waals surface area contributed by atoms with Crippen LogP contribution in [0.3, 0.4) is 0 Å². The van der Waals surface area contributed by atoms with Crippen LogP contribution in [0.15, 0.2) is 47.4 Å². The predicted octanol–water partition coefficient (Wildman–Crippen LogP) is 5.49. The van der Waals surface area contributed by atoms with Gasteiger partial charge in [-0.1, -0.05) is 18.2 Å². The molecule has 44 heavy (non-hydrogen) atoms. The normalized spacial score (nSPS) is 13.7. The first-order valence-electron chi connectivity index (χ1n) is 12.4. The van der Waals surface area contributed by atoms with Gasteiger partial charge in [0.1, 0.15) is 5.75 Å². The number of rotatable bonds is 10. The maximum atomic E-state index is 14.6. The van der Waals surface area contributed by atoms with Crippen molar-refractivity contribution in [1.82, 2.24) is 4.31 Å². The van der Waals surface area contributed by atoms with Gasteiger partial charge in [-0.2, -0.15) is 17.5 Å². The van der Waals surface area contributed by atoms with Crippen LogP contribution < -0.4 is 9.64 Å². The van der Waals surface area contributed by atoms with E-state index in [4.69, 9.17) is 4.74 Å². The molecule has 0 heterocycles. The van der Waals surface area contributed by atoms with Crippen molar-refractivity contribution < 1.29 is 63.0 Å². The molecule has 0 unspecified atom stereocenters. The number of amides is 1. The number of hydrogen-bond donors (Lipinski definition) is 1. The number of halogens is 8. The molecule has 1 amide bonds. The van der Waals surface area contributed by atoms with Gasteiger partial charge in [0.15, 0.2) is 28.2 Å². The van der Waals surface area contributed by atoms with Crippen LogP contribution in [0.25, 0.3) is 0 Å². The van der Waals surface area contributed by atoms with Crippen molar-refractivity contribution in [3.63, 3.8) is 0 Å². The number of carboxylic acids is 1. The van der Waals surface area contributed by atoms with Gasteiger partial charge >= 0.3 is 12.1 Å². The highest BCUT2D eigenvalue weighted by Crippen LogP contribution is 2.37. The van der Waals surface area contributed by atoms with E-state index in [1.165, 1.54) is 0 Å². The molecule has 3 aromatic rings. The minimum Gasteiger partial charge on any atom is -0.488 e. The molecule has 236 valence electrons. The number of nitrogens with zero attached hydrogens (tertiary/aromatic N) is 2. The third-order valence-electron chi connectivity index (χ3n) is 6.51. The molecule has 3 aromatic carbocycles. The first-order chi connectivity index (χ1) is 20.4. The Morgan fingerprint density at radius 3 is 2.05 bits per heavy atom. The number of likely N-dealkylation sites (N-methyl/N-ethyl adjacent to an activating group) is 1. The van der Waals surface area contributed by atoms with Gasteiger partial charge < -0.3 is 14.7 Å². The highest BCUT2D eigenvalue weighted by Gasteiger charge is 2.40. The van der Waals surface area contributed by atoms with Gasteiger partial charge in [0.2, 0.25) is 21.7 Å². The summed E-state index contributed by atoms with van der Waals surface area (Å²) in [5.74, 6) is -16.3. The lowest BCUT2D eigenvalue weighted by atomic mass is 10.1. The molecule has 0 spiro atoms. The van der Waals surface area contributed by atoms with E-state index in [0.717, 1.165) is 48.3 Å². The van der Waals surface area contributed by atoms with E-state index < -0.39 is 86.3 Å². The summed E-state index contributed by atoms with van der Waals surface area (Å²) in [6.45, 7) is -2.85. The fraction of sp³-hybridized carbons (Fsp3) is 0.259. The van der Waals surface area contributed by atoms with Crippen LogP contribution in [0.1, 0.15) is 34.3 Å². The van der Waals surface area contributed by atoms with Gasteiger partial charge in [0, 0.05) is 13.6 Å². The summed E-state index contributed by atoms with van der Waals surface area (Å²) >= 11 is 0. The molecular weight excluding hydrogens is 632 g/mol. The SMILES string of the molecule is CN(C(=O)CN(Cc1ccccc1C(F)(F)F)S(=O)(=O)c1c(F)c(F)c(F)c(F)c1F)c1ccc(C(=O)O)cc1OC1CC1. The maximum Gasteiger partial charge on any atom is 0.416 e. The molecule has 0 aromatic heterocycles. The zero-order valence-electron chi connectivity index (χ0n) is 22.3. The van der Waals surface area contributed by atoms with E-state index in [1.54, 1.807) is 0 Å². The summed E-state index contributed by atoms with van der Waals surface area (Å²) < 4.78 is 144. The van der Waals surface area contributed by atoms with Crippen LogP contribution >= 0.6 is 0 Å². The number of anilines is 1. The second-order valence-corrected chi connectivity index (χ2v) is 11.5. The second kappa shape index (κ2) is 12.0. The largest absolute Gasteiger partial charge is 0.488 e. The summed E-state index contributed by atoms with van der Waals surface area (Å²) in [6.07, 6.45) is -4.20. The molecule has 17 heteroatoms. The smallest absolute Gasteiger partial charge is 0.416 e. The standard InChI is InChI=1S/C27H20F8N2O6S/c1-36(17-9-6-13(26(39)40)10-18(17)43-15-7-8-15)19(38)12-37(11-14-4-2-3-5-16(14)27(33,34)35)44(41,42)25-23(31)21(29)20(28)22(30)24(25)32/h2-6,9-10,15H,7-8,11-12H2,1H3,(H,39,40). The maximum absolute atomic E-state index is 14.6. The quantitative estimate of drug-likeness (QED) is 0.177. The molecule has 0 aliphatic heterocycles. The zero-order chi connectivity index (χ0) is 32.7. The summed E-state index contributed by atoms with van der Waals surface area (Å²) in [7, 11) is -4.86. The molecule has 4 rings (SSSR count). The Labute approximate surface area is 244 Å². The molecular formula is C27H20F8N2O6S. The van der Waals surface area contributed by atoms with Crippen molar-refractivity contribution in [2.75, 3.05) is 18.5 Å². The number of carbonyl (C=O) groups excluding carboxylic acids is 1. The number of carboxylic acid groups (broad SMARTS) is 1. The van der Waals surface area contributed by atoms with Crippen molar-refractivity contribution in [3.8, 4) is 5.75 Å². The third-order valence-corrected chi connectivity index (χ3v) is 8.32. The Bertz CT molecular complexity index is 1720. The van der Waals surface area contributed by atoms with Gasteiger partial charge in [-0.15, -0.1) is 0 Å². The molecule has 1 aliphatic rings. The van der Waals surface area contributed by atoms with E-state index in [1.807, 2.05) is 0 Å². The van der Waals surface area contributed by atoms with Crippen molar-refractivity contribution in [1.29, 1.82) is 0 Å². The molecule has 0 atom stereocenters. The average molecular weight is 653 g/mol. The van der Waals surface area contributed by atoms with E-state index in [0.29, 0.717) is 18.9 Å². The molecule has 0 radical (unpaired) electrons. The van der Waals surface area contributed by atoms with Crippen LogP contribution in [-0.2, 0) is 27.5 Å². The van der Waals surface area contributed by atoms with Gasteiger partial charge in [0.25, 0.3) is 0 Å². The van der Waals surface area contributed by atoms with E-state index >= 15 is 0 Å². The monoisotopic (exact) mass is 652 g/mol. The predicted molar refractivity (Wildman–Crippen MR) is 136 cm³/mol. The third kappa shape index (κ3) is 6.47. The lowest BCUT2D eigenvalue weighted by Gasteiger charge is -2.27. The van der Waals surface area contributed by atoms with Crippen LogP contribution in [0.4, 0.5) is 40.8 Å². The Balaban J connectivity index is 1.81. The molecule has 0 bridgehead atoms. The molecule has 8 nitrogen and oxygen atoms in total. The second-order valence-electron chi connectivity index (χ2n) is 9.58. The summed E-state index contributed by atoms with van der Waals surface area (Å²) in [5.41, 5.74) is -2.57. The van der Waals surface area contributed by atoms with Crippen LogP contribution in [0.5, 0.6) is 5.75 Å². The van der Waals surface area contributed by atoms with E-state index in [9.17, 15) is 58.2 Å². The number of hydrogen-bond acceptors (Lipinski definition) is 5. The average Bonchev–Trinajstić information content (AvgIpc) is 3.78. The summed E-state index contributed by atoms with van der Waals surface area (Å²) in [6, 6.07) is 6.64. The van der Waals surface area contributed by atoms with E-state index in [2.05, 4.69) is 0 Å². The van der Waals surface area contributed by atoms with Crippen LogP contribution in [0, 0.1) is 29.1 Å². The minimum absolute atomic E-state index is 0.115. The molecule has 0 saturated heterocycles. The highest BCUT2D eigenvalue weighted by atomic mass is 32.2. The number of ether oxygens (including phenoxy) is 1. The van der Waals surface area contributed by atoms with E-state index in [-0.39, 0.29) is 27.4 Å². The first-order valence-corrected chi connectivity index (χ1v) is 13.9. The Morgan fingerprint density at radius 2 is 1.50 bits per heavy atom. The Kier molecular flexibility index (Phi) is 8.93. The van der Waals surface area contributed by atoms with Crippen LogP contribution in [-0.4, -0.2) is 49.4 Å². The van der Waals surface area contributed by atoms with Gasteiger partial charge in [0.05, 0.1) is 29.5 Å². The van der Waals surface area contributed by atoms with Crippen molar-refractivity contribution in [3.05, 3.63) is 88.2 Å². The highest BCUT2D eigenvalue weighted by molar-refractivity contribution is 7.89. The summed E-state index contributed by atoms with van der Waals surface area (Å²) in [4.78, 5) is 23.2. The van der Waals surface area contributed by atoms with Gasteiger partial charge in [-0.3, -0.25) is 4.79 Å². The zero-order valence-corrected chi connectivity index (χ0v) is 23.1. The molecule has 1 aliphatic carbocycles. The fourth-order valence-corrected chi connectivity index (χ4v) is 5.55. The fourth-order valence-electron chi connectivity index (χ4n) is 4.07. The molecule has 1 saturated carbocycles. The Hall–Kier alpha value is -4.25. The lowest BCUT2D eigenvalue weighted by molar-refractivity contribution is -0.138. The number of aromatic carboxylic acids is 1. The van der Waals surface area contributed by atoms with Crippen LogP contribution in [0.2, 0.25) is 0 Å². The van der Waals surface area contributed by atoms with Crippen molar-refractivity contribution in [2.24, 2.45) is 0 Å². The molecule has 1 N–H and O–H groups in total. The lowest BCUT2D eigenvalue weighted by Crippen LogP contribution is -2.42. The number of benzene rings is 3. The topological polar surface area (TPSA) is 104 Å². The number of alkyl halides is 3.